The van der Waals surface area contributed by atoms with E-state index in [1.165, 1.54) is 13.8 Å². The Bertz CT molecular complexity index is 426. The summed E-state index contributed by atoms with van der Waals surface area (Å²) in [5, 5.41) is 26.2. The Morgan fingerprint density at radius 3 is 1.29 bits per heavy atom. The van der Waals surface area contributed by atoms with E-state index in [0.29, 0.717) is 0 Å². The van der Waals surface area contributed by atoms with Crippen molar-refractivity contribution in [2.45, 2.75) is 13.8 Å². The van der Waals surface area contributed by atoms with Gasteiger partial charge in [-0.2, -0.15) is 10.2 Å². The molecule has 0 aromatic rings. The molecular formula is C8H12N6O4PtS2. The summed E-state index contributed by atoms with van der Waals surface area (Å²) in [6.07, 6.45) is 0. The van der Waals surface area contributed by atoms with Gasteiger partial charge >= 0.3 is 21.1 Å². The largest absolute Gasteiger partial charge is 2.00 e. The van der Waals surface area contributed by atoms with Crippen molar-refractivity contribution in [2.24, 2.45) is 21.7 Å². The summed E-state index contributed by atoms with van der Waals surface area (Å²) in [4.78, 5) is 19.9. The molecule has 0 saturated heterocycles. The van der Waals surface area contributed by atoms with Crippen LogP contribution in [0.4, 0.5) is 0 Å². The maximum atomic E-state index is 9.95. The maximum Gasteiger partial charge on any atom is 2.00 e. The van der Waals surface area contributed by atoms with Crippen LogP contribution in [0.3, 0.4) is 0 Å². The quantitative estimate of drug-likeness (QED) is 0.163. The molecule has 0 spiro atoms. The molecule has 21 heavy (non-hydrogen) atoms. The molecule has 0 heterocycles. The second-order valence-corrected chi connectivity index (χ2v) is 3.80. The van der Waals surface area contributed by atoms with Crippen LogP contribution in [0.1, 0.15) is 13.8 Å². The zero-order chi connectivity index (χ0) is 16.3. The molecule has 0 aliphatic carbocycles. The number of carbonyl (C=O) groups is 2. The Kier molecular flexibility index (Phi) is 15.5. The fraction of sp³-hybridized carbons (Fsp3) is 0.250. The van der Waals surface area contributed by atoms with E-state index in [2.05, 4.69) is 45.5 Å². The van der Waals surface area contributed by atoms with Crippen molar-refractivity contribution in [3.63, 3.8) is 0 Å². The molecule has 10 nitrogen and oxygen atoms in total. The van der Waals surface area contributed by atoms with E-state index in [9.17, 15) is 19.8 Å². The van der Waals surface area contributed by atoms with Crippen LogP contribution in [-0.4, -0.2) is 33.6 Å². The number of carboxylic acid groups (broad SMARTS) is 2. The van der Waals surface area contributed by atoms with Crippen LogP contribution in [0.15, 0.2) is 10.2 Å². The Balaban J connectivity index is -0.000000295. The summed E-state index contributed by atoms with van der Waals surface area (Å²) in [6.45, 7) is 2.53. The van der Waals surface area contributed by atoms with Crippen molar-refractivity contribution >= 4 is 58.0 Å². The van der Waals surface area contributed by atoms with Gasteiger partial charge in [0.1, 0.15) is 0 Å². The average Bonchev–Trinajstić information content (AvgIpc) is 2.33. The number of hydrogen-bond acceptors (Lipinski definition) is 8. The molecule has 0 aliphatic rings. The number of nitrogens with two attached hydrogens (primary N) is 2. The van der Waals surface area contributed by atoms with Crippen LogP contribution in [0.2, 0.25) is 0 Å². The van der Waals surface area contributed by atoms with Crippen LogP contribution >= 0.6 is 24.4 Å². The van der Waals surface area contributed by atoms with Gasteiger partial charge < -0.3 is 31.3 Å². The summed E-state index contributed by atoms with van der Waals surface area (Å²) in [5.41, 5.74) is 13.7. The first-order chi connectivity index (χ1) is 9.07. The summed E-state index contributed by atoms with van der Waals surface area (Å²) in [6, 6.07) is 0. The first-order valence-corrected chi connectivity index (χ1v) is 5.51. The number of nitrogens with zero attached hydrogens (tertiary/aromatic N) is 2. The van der Waals surface area contributed by atoms with Gasteiger partial charge in [0.05, 0.1) is 23.4 Å². The number of hydrogen-bond donors (Lipinski definition) is 4. The zero-order valence-corrected chi connectivity index (χ0v) is 14.7. The van der Waals surface area contributed by atoms with Gasteiger partial charge in [0.2, 0.25) is 0 Å². The van der Waals surface area contributed by atoms with Crippen molar-refractivity contribution in [1.82, 2.24) is 10.9 Å². The molecule has 0 bridgehead atoms. The molecule has 0 radical (unpaired) electrons. The predicted molar refractivity (Wildman–Crippen MR) is 76.1 cm³/mol. The van der Waals surface area contributed by atoms with Crippen molar-refractivity contribution in [1.29, 1.82) is 0 Å². The van der Waals surface area contributed by atoms with E-state index in [1.54, 1.807) is 0 Å². The molecule has 0 aromatic heterocycles. The van der Waals surface area contributed by atoms with Gasteiger partial charge in [-0.15, -0.1) is 0 Å². The number of carbonyl (C=O) groups excluding carboxylic acids is 2. The minimum absolute atomic E-state index is 0. The summed E-state index contributed by atoms with van der Waals surface area (Å²) in [5.74, 6) is -2.72. The van der Waals surface area contributed by atoms with E-state index < -0.39 is 11.9 Å². The first kappa shape index (κ1) is 24.4. The molecule has 0 fully saturated rings. The molecule has 13 heteroatoms. The molecule has 0 saturated carbocycles. The SMILES string of the molecule is C/C(=N/NC(N)=S)C(=O)[O-].C/C(=N/NC(N)=S)C(=O)[O-].[Pt+2]. The third kappa shape index (κ3) is 18.3. The van der Waals surface area contributed by atoms with Gasteiger partial charge in [0.25, 0.3) is 0 Å². The molecule has 6 N–H and O–H groups in total. The first-order valence-electron chi connectivity index (χ1n) is 4.70. The third-order valence-corrected chi connectivity index (χ3v) is 1.44. The maximum absolute atomic E-state index is 9.95. The van der Waals surface area contributed by atoms with Crippen LogP contribution in [0.5, 0.6) is 0 Å². The van der Waals surface area contributed by atoms with E-state index in [0.717, 1.165) is 0 Å². The molecular weight excluding hydrogens is 503 g/mol. The van der Waals surface area contributed by atoms with Crippen molar-refractivity contribution in [3.05, 3.63) is 0 Å². The van der Waals surface area contributed by atoms with Gasteiger partial charge in [-0.05, 0) is 38.3 Å². The van der Waals surface area contributed by atoms with Crippen molar-refractivity contribution < 1.29 is 40.9 Å². The Morgan fingerprint density at radius 2 is 1.14 bits per heavy atom. The number of aliphatic carboxylic acids is 2. The van der Waals surface area contributed by atoms with E-state index in [-0.39, 0.29) is 42.7 Å². The predicted octanol–water partition coefficient (Wildman–Crippen LogP) is -4.11. The number of carboxylic acids is 2. The summed E-state index contributed by atoms with van der Waals surface area (Å²) in [7, 11) is 0. The smallest absolute Gasteiger partial charge is 0.543 e. The minimum Gasteiger partial charge on any atom is -0.543 e. The summed E-state index contributed by atoms with van der Waals surface area (Å²) >= 11 is 8.69. The minimum atomic E-state index is -1.36. The molecule has 0 atom stereocenters. The normalized spacial score (nSPS) is 10.2. The number of rotatable bonds is 4. The molecule has 0 aromatic carbocycles. The van der Waals surface area contributed by atoms with E-state index in [1.807, 2.05) is 0 Å². The monoisotopic (exact) mass is 515 g/mol. The molecule has 0 unspecified atom stereocenters. The number of thiocarbonyl (C=S) groups is 2. The second kappa shape index (κ2) is 13.3. The molecule has 120 valence electrons. The van der Waals surface area contributed by atoms with E-state index in [4.69, 9.17) is 11.5 Å². The fourth-order valence-electron chi connectivity index (χ4n) is 0.369. The molecule has 0 aliphatic heterocycles. The Labute approximate surface area is 145 Å². The van der Waals surface area contributed by atoms with Crippen LogP contribution in [0, 0.1) is 0 Å². The van der Waals surface area contributed by atoms with Crippen LogP contribution in [-0.2, 0) is 30.7 Å². The van der Waals surface area contributed by atoms with Crippen molar-refractivity contribution in [2.75, 3.05) is 0 Å². The Hall–Kier alpha value is -1.65. The molecule has 0 rings (SSSR count). The van der Waals surface area contributed by atoms with Gasteiger partial charge in [0, 0.05) is 0 Å². The van der Waals surface area contributed by atoms with Gasteiger partial charge in [-0.1, -0.05) is 0 Å². The fourth-order valence-corrected chi connectivity index (χ4v) is 0.460. The number of hydrazone groups is 2. The van der Waals surface area contributed by atoms with Crippen molar-refractivity contribution in [3.8, 4) is 0 Å². The van der Waals surface area contributed by atoms with Crippen LogP contribution < -0.4 is 32.5 Å². The van der Waals surface area contributed by atoms with Crippen LogP contribution in [0.25, 0.3) is 0 Å². The zero-order valence-electron chi connectivity index (χ0n) is 10.8. The van der Waals surface area contributed by atoms with Gasteiger partial charge in [-0.3, -0.25) is 10.9 Å². The number of nitrogens with one attached hydrogen (secondary N) is 2. The topological polar surface area (TPSA) is 181 Å². The third-order valence-electron chi connectivity index (χ3n) is 1.26. The van der Waals surface area contributed by atoms with Gasteiger partial charge in [-0.25, -0.2) is 0 Å². The van der Waals surface area contributed by atoms with E-state index >= 15 is 0 Å². The second-order valence-electron chi connectivity index (χ2n) is 2.92. The summed E-state index contributed by atoms with van der Waals surface area (Å²) < 4.78 is 0. The van der Waals surface area contributed by atoms with Gasteiger partial charge in [0.15, 0.2) is 10.2 Å². The average molecular weight is 515 g/mol. The molecule has 0 amide bonds. The Morgan fingerprint density at radius 1 is 0.905 bits per heavy atom. The standard InChI is InChI=1S/2C4H7N3O2S.Pt/c2*1-2(3(8)9)6-7-4(5)10;/h2*1H3,(H,8,9)(H3,5,7,10);/q;;+2/p-2/b2*6-2-;.